The van der Waals surface area contributed by atoms with Crippen LogP contribution in [-0.4, -0.2) is 26.3 Å². The van der Waals surface area contributed by atoms with Crippen LogP contribution in [0.15, 0.2) is 0 Å². The van der Waals surface area contributed by atoms with Gasteiger partial charge in [0.05, 0.1) is 0 Å². The van der Waals surface area contributed by atoms with Gasteiger partial charge in [0, 0.05) is 19.3 Å². The van der Waals surface area contributed by atoms with E-state index in [0.717, 1.165) is 19.1 Å². The molecule has 0 radical (unpaired) electrons. The van der Waals surface area contributed by atoms with Gasteiger partial charge in [-0.05, 0) is 39.2 Å². The molecule has 0 heterocycles. The van der Waals surface area contributed by atoms with Gasteiger partial charge in [0.1, 0.15) is 0 Å². The highest BCUT2D eigenvalue weighted by atomic mass is 16.5. The zero-order chi connectivity index (χ0) is 10.9. The second-order valence-electron chi connectivity index (χ2n) is 4.63. The zero-order valence-electron chi connectivity index (χ0n) is 10.4. The van der Waals surface area contributed by atoms with E-state index in [9.17, 15) is 0 Å². The molecule has 1 aliphatic rings. The molecule has 2 nitrogen and oxygen atoms in total. The summed E-state index contributed by atoms with van der Waals surface area (Å²) in [5.41, 5.74) is 0. The fraction of sp³-hybridized carbons (Fsp3) is 1.00. The Hall–Kier alpha value is -0.0800. The lowest BCUT2D eigenvalue weighted by Gasteiger charge is -2.25. The van der Waals surface area contributed by atoms with Crippen LogP contribution in [0, 0.1) is 5.92 Å². The van der Waals surface area contributed by atoms with Gasteiger partial charge in [-0.1, -0.05) is 25.7 Å². The third kappa shape index (κ3) is 4.98. The normalized spacial score (nSPS) is 21.2. The summed E-state index contributed by atoms with van der Waals surface area (Å²) in [6, 6.07) is 0.676. The Kier molecular flexibility index (Phi) is 7.03. The Morgan fingerprint density at radius 1 is 1.20 bits per heavy atom. The van der Waals surface area contributed by atoms with Crippen LogP contribution in [-0.2, 0) is 4.74 Å². The van der Waals surface area contributed by atoms with Gasteiger partial charge in [-0.3, -0.25) is 0 Å². The minimum absolute atomic E-state index is 0.676. The van der Waals surface area contributed by atoms with Crippen LogP contribution in [0.3, 0.4) is 0 Å². The molecule has 0 saturated heterocycles. The molecular weight excluding hydrogens is 186 g/mol. The van der Waals surface area contributed by atoms with Crippen molar-refractivity contribution in [1.29, 1.82) is 0 Å². The average Bonchev–Trinajstić information content (AvgIpc) is 2.53. The molecule has 0 aliphatic heterocycles. The van der Waals surface area contributed by atoms with Crippen molar-refractivity contribution in [2.24, 2.45) is 5.92 Å². The molecule has 1 N–H and O–H groups in total. The molecule has 1 rings (SSSR count). The highest BCUT2D eigenvalue weighted by Crippen LogP contribution is 2.26. The number of rotatable bonds is 6. The first kappa shape index (κ1) is 13.0. The van der Waals surface area contributed by atoms with Gasteiger partial charge in [-0.15, -0.1) is 0 Å². The maximum atomic E-state index is 5.45. The maximum absolute atomic E-state index is 5.45. The summed E-state index contributed by atoms with van der Waals surface area (Å²) in [4.78, 5) is 0. The van der Waals surface area contributed by atoms with Crippen molar-refractivity contribution < 1.29 is 4.74 Å². The van der Waals surface area contributed by atoms with Crippen LogP contribution in [0.2, 0.25) is 0 Å². The third-order valence-corrected chi connectivity index (χ3v) is 3.62. The Morgan fingerprint density at radius 3 is 2.40 bits per heavy atom. The lowest BCUT2D eigenvalue weighted by Crippen LogP contribution is -2.34. The maximum Gasteiger partial charge on any atom is 0.0480 e. The number of nitrogens with one attached hydrogen (secondary N) is 1. The van der Waals surface area contributed by atoms with Crippen molar-refractivity contribution in [3.05, 3.63) is 0 Å². The van der Waals surface area contributed by atoms with Crippen LogP contribution in [0.1, 0.15) is 51.9 Å². The molecule has 1 atom stereocenters. The summed E-state index contributed by atoms with van der Waals surface area (Å²) in [5, 5.41) is 3.48. The smallest absolute Gasteiger partial charge is 0.0480 e. The van der Waals surface area contributed by atoms with E-state index in [1.807, 2.05) is 0 Å². The van der Waals surface area contributed by atoms with Gasteiger partial charge >= 0.3 is 0 Å². The molecule has 1 unspecified atom stereocenters. The van der Waals surface area contributed by atoms with Crippen LogP contribution < -0.4 is 5.32 Å². The van der Waals surface area contributed by atoms with Crippen molar-refractivity contribution in [3.63, 3.8) is 0 Å². The van der Waals surface area contributed by atoms with Gasteiger partial charge in [0.15, 0.2) is 0 Å². The fourth-order valence-electron chi connectivity index (χ4n) is 2.68. The van der Waals surface area contributed by atoms with E-state index >= 15 is 0 Å². The summed E-state index contributed by atoms with van der Waals surface area (Å²) >= 11 is 0. The first-order chi connectivity index (χ1) is 7.38. The summed E-state index contributed by atoms with van der Waals surface area (Å²) in [5.74, 6) is 0.887. The molecule has 0 spiro atoms. The second kappa shape index (κ2) is 8.12. The van der Waals surface area contributed by atoms with Crippen molar-refractivity contribution in [1.82, 2.24) is 5.32 Å². The summed E-state index contributed by atoms with van der Waals surface area (Å²) in [7, 11) is 2.10. The average molecular weight is 213 g/mol. The highest BCUT2D eigenvalue weighted by Gasteiger charge is 2.20. The Balaban J connectivity index is 2.27. The molecule has 0 aromatic carbocycles. The largest absolute Gasteiger partial charge is 0.382 e. The van der Waals surface area contributed by atoms with Crippen LogP contribution >= 0.6 is 0 Å². The number of hydrogen-bond donors (Lipinski definition) is 1. The minimum atomic E-state index is 0.676. The first-order valence-corrected chi connectivity index (χ1v) is 6.63. The Morgan fingerprint density at radius 2 is 1.87 bits per heavy atom. The van der Waals surface area contributed by atoms with Crippen molar-refractivity contribution >= 4 is 0 Å². The SMILES string of the molecule is CCOCCC(NC)C1CCCCCC1. The predicted octanol–water partition coefficient (Wildman–Crippen LogP) is 2.97. The van der Waals surface area contributed by atoms with Gasteiger partial charge in [-0.25, -0.2) is 0 Å². The standard InChI is InChI=1S/C13H27NO/c1-3-15-11-10-13(14-2)12-8-6-4-5-7-9-12/h12-14H,3-11H2,1-2H3. The second-order valence-corrected chi connectivity index (χ2v) is 4.63. The summed E-state index contributed by atoms with van der Waals surface area (Å²) in [6.07, 6.45) is 9.75. The third-order valence-electron chi connectivity index (χ3n) is 3.62. The van der Waals surface area contributed by atoms with Crippen LogP contribution in [0.25, 0.3) is 0 Å². The number of hydrogen-bond acceptors (Lipinski definition) is 2. The molecule has 15 heavy (non-hydrogen) atoms. The molecule has 90 valence electrons. The summed E-state index contributed by atoms with van der Waals surface area (Å²) in [6.45, 7) is 3.83. The molecule has 0 bridgehead atoms. The lowest BCUT2D eigenvalue weighted by molar-refractivity contribution is 0.127. The Labute approximate surface area is 94.8 Å². The van der Waals surface area contributed by atoms with Gasteiger partial charge in [0.2, 0.25) is 0 Å². The molecule has 1 saturated carbocycles. The summed E-state index contributed by atoms with van der Waals surface area (Å²) < 4.78 is 5.45. The zero-order valence-corrected chi connectivity index (χ0v) is 10.4. The van der Waals surface area contributed by atoms with E-state index in [4.69, 9.17) is 4.74 Å². The Bertz CT molecular complexity index is 141. The van der Waals surface area contributed by atoms with E-state index in [0.29, 0.717) is 6.04 Å². The molecule has 0 aromatic rings. The van der Waals surface area contributed by atoms with Crippen LogP contribution in [0.5, 0.6) is 0 Å². The fourth-order valence-corrected chi connectivity index (χ4v) is 2.68. The molecule has 2 heteroatoms. The van der Waals surface area contributed by atoms with E-state index in [1.165, 1.54) is 44.9 Å². The van der Waals surface area contributed by atoms with E-state index in [1.54, 1.807) is 0 Å². The van der Waals surface area contributed by atoms with Gasteiger partial charge < -0.3 is 10.1 Å². The van der Waals surface area contributed by atoms with Crippen LogP contribution in [0.4, 0.5) is 0 Å². The molecule has 0 amide bonds. The first-order valence-electron chi connectivity index (χ1n) is 6.63. The quantitative estimate of drug-likeness (QED) is 0.541. The van der Waals surface area contributed by atoms with Gasteiger partial charge in [0.25, 0.3) is 0 Å². The molecule has 1 aliphatic carbocycles. The predicted molar refractivity (Wildman–Crippen MR) is 65.1 cm³/mol. The van der Waals surface area contributed by atoms with E-state index < -0.39 is 0 Å². The molecule has 0 aromatic heterocycles. The minimum Gasteiger partial charge on any atom is -0.382 e. The topological polar surface area (TPSA) is 21.3 Å². The van der Waals surface area contributed by atoms with Crippen molar-refractivity contribution in [2.45, 2.75) is 57.9 Å². The van der Waals surface area contributed by atoms with E-state index in [2.05, 4.69) is 19.3 Å². The van der Waals surface area contributed by atoms with Crippen molar-refractivity contribution in [2.75, 3.05) is 20.3 Å². The van der Waals surface area contributed by atoms with E-state index in [-0.39, 0.29) is 0 Å². The number of ether oxygens (including phenoxy) is 1. The monoisotopic (exact) mass is 213 g/mol. The molecular formula is C13H27NO. The van der Waals surface area contributed by atoms with Crippen molar-refractivity contribution in [3.8, 4) is 0 Å². The van der Waals surface area contributed by atoms with Gasteiger partial charge in [-0.2, -0.15) is 0 Å². The molecule has 1 fully saturated rings. The highest BCUT2D eigenvalue weighted by molar-refractivity contribution is 4.77. The lowest BCUT2D eigenvalue weighted by atomic mass is 9.90.